The van der Waals surface area contributed by atoms with Crippen molar-refractivity contribution in [3.63, 3.8) is 0 Å². The molecule has 2 aromatic carbocycles. The molecule has 0 unspecified atom stereocenters. The van der Waals surface area contributed by atoms with Gasteiger partial charge in [-0.25, -0.2) is 0 Å². The average Bonchev–Trinajstić information content (AvgIpc) is 2.73. The van der Waals surface area contributed by atoms with Crippen molar-refractivity contribution < 1.29 is 18.0 Å². The summed E-state index contributed by atoms with van der Waals surface area (Å²) in [6.07, 6.45) is -2.78. The number of carbonyl (C=O) groups is 1. The van der Waals surface area contributed by atoms with Crippen molar-refractivity contribution in [3.8, 4) is 0 Å². The fraction of sp³-hybridized carbons (Fsp3) is 0.0625. The fourth-order valence-electron chi connectivity index (χ4n) is 2.28. The largest absolute Gasteiger partial charge is 0.416 e. The number of benzene rings is 2. The van der Waals surface area contributed by atoms with E-state index < -0.39 is 17.6 Å². The van der Waals surface area contributed by atoms with Crippen LogP contribution in [-0.2, 0) is 11.0 Å². The molecule has 1 aliphatic rings. The molecular formula is C16H9BrF3NO. The maximum Gasteiger partial charge on any atom is 0.416 e. The van der Waals surface area contributed by atoms with Gasteiger partial charge in [0.1, 0.15) is 0 Å². The van der Waals surface area contributed by atoms with Gasteiger partial charge in [-0.1, -0.05) is 34.1 Å². The van der Waals surface area contributed by atoms with Crippen LogP contribution in [0.1, 0.15) is 16.7 Å². The highest BCUT2D eigenvalue weighted by molar-refractivity contribution is 9.10. The van der Waals surface area contributed by atoms with Crippen LogP contribution < -0.4 is 5.32 Å². The van der Waals surface area contributed by atoms with Gasteiger partial charge in [0, 0.05) is 21.3 Å². The Hall–Kier alpha value is -2.08. The van der Waals surface area contributed by atoms with E-state index in [4.69, 9.17) is 0 Å². The zero-order valence-corrected chi connectivity index (χ0v) is 12.6. The Bertz CT molecular complexity index is 796. The molecule has 0 radical (unpaired) electrons. The summed E-state index contributed by atoms with van der Waals surface area (Å²) in [4.78, 5) is 12.0. The van der Waals surface area contributed by atoms with E-state index in [1.807, 2.05) is 24.3 Å². The molecule has 0 saturated carbocycles. The van der Waals surface area contributed by atoms with Crippen LogP contribution in [0.3, 0.4) is 0 Å². The summed E-state index contributed by atoms with van der Waals surface area (Å²) in [5, 5.41) is 2.48. The summed E-state index contributed by atoms with van der Waals surface area (Å²) in [5.74, 6) is -0.408. The van der Waals surface area contributed by atoms with Crippen LogP contribution in [0.25, 0.3) is 11.6 Å². The lowest BCUT2D eigenvalue weighted by molar-refractivity contribution is -0.137. The second-order valence-corrected chi connectivity index (χ2v) is 5.74. The van der Waals surface area contributed by atoms with Gasteiger partial charge in [-0.2, -0.15) is 13.2 Å². The second kappa shape index (κ2) is 5.28. The van der Waals surface area contributed by atoms with Gasteiger partial charge in [-0.3, -0.25) is 4.79 Å². The van der Waals surface area contributed by atoms with Gasteiger partial charge in [0.25, 0.3) is 5.91 Å². The standard InChI is InChI=1S/C16H9BrF3NO/c17-11-3-1-2-9(6-11)7-13-12-5-4-10(16(18,19)20)8-14(12)21-15(13)22/h1-8H,(H,21,22)/b13-7-. The highest BCUT2D eigenvalue weighted by atomic mass is 79.9. The summed E-state index contributed by atoms with van der Waals surface area (Å²) in [7, 11) is 0. The molecule has 0 bridgehead atoms. The number of hydrogen-bond donors (Lipinski definition) is 1. The predicted molar refractivity (Wildman–Crippen MR) is 82.1 cm³/mol. The third-order valence-electron chi connectivity index (χ3n) is 3.29. The van der Waals surface area contributed by atoms with Crippen LogP contribution >= 0.6 is 15.9 Å². The van der Waals surface area contributed by atoms with Crippen LogP contribution in [0.5, 0.6) is 0 Å². The zero-order valence-electron chi connectivity index (χ0n) is 11.0. The normalized spacial score (nSPS) is 15.8. The van der Waals surface area contributed by atoms with Crippen molar-refractivity contribution in [2.24, 2.45) is 0 Å². The number of anilines is 1. The second-order valence-electron chi connectivity index (χ2n) is 4.83. The van der Waals surface area contributed by atoms with Gasteiger partial charge in [-0.05, 0) is 35.9 Å². The smallest absolute Gasteiger partial charge is 0.321 e. The molecular weight excluding hydrogens is 359 g/mol. The van der Waals surface area contributed by atoms with E-state index in [1.54, 1.807) is 6.08 Å². The van der Waals surface area contributed by atoms with Crippen LogP contribution in [-0.4, -0.2) is 5.91 Å². The Labute approximate surface area is 132 Å². The maximum absolute atomic E-state index is 12.7. The molecule has 22 heavy (non-hydrogen) atoms. The minimum atomic E-state index is -4.43. The summed E-state index contributed by atoms with van der Waals surface area (Å²) < 4.78 is 39.0. The van der Waals surface area contributed by atoms with Crippen LogP contribution in [0.15, 0.2) is 46.9 Å². The first kappa shape index (κ1) is 14.8. The van der Waals surface area contributed by atoms with Crippen LogP contribution in [0.4, 0.5) is 18.9 Å². The van der Waals surface area contributed by atoms with E-state index >= 15 is 0 Å². The molecule has 0 saturated heterocycles. The number of rotatable bonds is 1. The Balaban J connectivity index is 2.05. The summed E-state index contributed by atoms with van der Waals surface area (Å²) in [6, 6.07) is 10.6. The van der Waals surface area contributed by atoms with E-state index in [1.165, 1.54) is 6.07 Å². The lowest BCUT2D eigenvalue weighted by Crippen LogP contribution is -2.06. The lowest BCUT2D eigenvalue weighted by Gasteiger charge is -2.08. The molecule has 3 rings (SSSR count). The number of hydrogen-bond acceptors (Lipinski definition) is 1. The van der Waals surface area contributed by atoms with Crippen molar-refractivity contribution in [2.45, 2.75) is 6.18 Å². The molecule has 0 fully saturated rings. The molecule has 6 heteroatoms. The van der Waals surface area contributed by atoms with E-state index in [0.29, 0.717) is 11.1 Å². The van der Waals surface area contributed by atoms with Gasteiger partial charge in [0.15, 0.2) is 0 Å². The third-order valence-corrected chi connectivity index (χ3v) is 3.78. The highest BCUT2D eigenvalue weighted by Gasteiger charge is 2.33. The molecule has 2 aromatic rings. The van der Waals surface area contributed by atoms with Crippen molar-refractivity contribution in [1.29, 1.82) is 0 Å². The molecule has 0 spiro atoms. The Morgan fingerprint density at radius 2 is 1.86 bits per heavy atom. The highest BCUT2D eigenvalue weighted by Crippen LogP contribution is 2.38. The Morgan fingerprint density at radius 1 is 1.09 bits per heavy atom. The van der Waals surface area contributed by atoms with Crippen molar-refractivity contribution in [2.75, 3.05) is 5.32 Å². The van der Waals surface area contributed by atoms with Gasteiger partial charge in [-0.15, -0.1) is 0 Å². The monoisotopic (exact) mass is 367 g/mol. The van der Waals surface area contributed by atoms with Crippen LogP contribution in [0.2, 0.25) is 0 Å². The SMILES string of the molecule is O=C1Nc2cc(C(F)(F)F)ccc2/C1=C/c1cccc(Br)c1. The predicted octanol–water partition coefficient (Wildman–Crippen LogP) is 4.96. The van der Waals surface area contributed by atoms with Gasteiger partial charge in [0.2, 0.25) is 0 Å². The Kier molecular flexibility index (Phi) is 3.56. The van der Waals surface area contributed by atoms with Gasteiger partial charge in [0.05, 0.1) is 5.56 Å². The first-order chi connectivity index (χ1) is 10.3. The van der Waals surface area contributed by atoms with E-state index in [9.17, 15) is 18.0 Å². The number of amides is 1. The first-order valence-electron chi connectivity index (χ1n) is 6.35. The number of fused-ring (bicyclic) bond motifs is 1. The number of alkyl halides is 3. The molecule has 2 nitrogen and oxygen atoms in total. The first-order valence-corrected chi connectivity index (χ1v) is 7.14. The lowest BCUT2D eigenvalue weighted by atomic mass is 10.0. The van der Waals surface area contributed by atoms with Crippen molar-refractivity contribution >= 4 is 39.2 Å². The molecule has 1 heterocycles. The molecule has 0 aliphatic carbocycles. The van der Waals surface area contributed by atoms with Gasteiger partial charge >= 0.3 is 6.18 Å². The molecule has 1 N–H and O–H groups in total. The summed E-state index contributed by atoms with van der Waals surface area (Å²) in [6.45, 7) is 0. The minimum Gasteiger partial charge on any atom is -0.321 e. The third kappa shape index (κ3) is 2.78. The van der Waals surface area contributed by atoms with E-state index in [0.717, 1.165) is 22.2 Å². The summed E-state index contributed by atoms with van der Waals surface area (Å²) >= 11 is 3.33. The molecule has 112 valence electrons. The van der Waals surface area contributed by atoms with Gasteiger partial charge < -0.3 is 5.32 Å². The molecule has 0 atom stereocenters. The maximum atomic E-state index is 12.7. The number of nitrogens with one attached hydrogen (secondary N) is 1. The van der Waals surface area contributed by atoms with Crippen LogP contribution in [0, 0.1) is 0 Å². The molecule has 0 aromatic heterocycles. The number of carbonyl (C=O) groups excluding carboxylic acids is 1. The average molecular weight is 368 g/mol. The zero-order chi connectivity index (χ0) is 15.9. The molecule has 1 amide bonds. The Morgan fingerprint density at radius 3 is 2.55 bits per heavy atom. The quantitative estimate of drug-likeness (QED) is 0.709. The fourth-order valence-corrected chi connectivity index (χ4v) is 2.69. The topological polar surface area (TPSA) is 29.1 Å². The minimum absolute atomic E-state index is 0.182. The summed E-state index contributed by atoms with van der Waals surface area (Å²) in [5.41, 5.74) is 1.00. The number of halogens is 4. The molecule has 1 aliphatic heterocycles. The van der Waals surface area contributed by atoms with E-state index in [-0.39, 0.29) is 5.69 Å². The van der Waals surface area contributed by atoms with Crippen molar-refractivity contribution in [1.82, 2.24) is 0 Å². The van der Waals surface area contributed by atoms with E-state index in [2.05, 4.69) is 21.2 Å². The van der Waals surface area contributed by atoms with Crippen molar-refractivity contribution in [3.05, 3.63) is 63.6 Å².